The van der Waals surface area contributed by atoms with Gasteiger partial charge in [-0.05, 0) is 13.0 Å². The number of nitrogens with one attached hydrogen (secondary N) is 1. The number of ether oxygens (including phenoxy) is 1. The zero-order valence-electron chi connectivity index (χ0n) is 10.0. The van der Waals surface area contributed by atoms with Gasteiger partial charge in [-0.25, -0.2) is 14.8 Å². The van der Waals surface area contributed by atoms with Gasteiger partial charge < -0.3 is 15.0 Å². The van der Waals surface area contributed by atoms with Crippen molar-refractivity contribution in [2.45, 2.75) is 13.0 Å². The molecule has 0 aliphatic carbocycles. The Labute approximate surface area is 100 Å². The van der Waals surface area contributed by atoms with Gasteiger partial charge in [0.05, 0.1) is 7.11 Å². The van der Waals surface area contributed by atoms with Crippen LogP contribution in [0.3, 0.4) is 0 Å². The van der Waals surface area contributed by atoms with Crippen LogP contribution in [0, 0.1) is 0 Å². The van der Waals surface area contributed by atoms with Crippen LogP contribution in [0.5, 0.6) is 0 Å². The molecule has 17 heavy (non-hydrogen) atoms. The van der Waals surface area contributed by atoms with E-state index in [0.29, 0.717) is 6.04 Å². The van der Waals surface area contributed by atoms with Gasteiger partial charge in [0.2, 0.25) is 5.82 Å². The lowest BCUT2D eigenvalue weighted by molar-refractivity contribution is 0.0587. The van der Waals surface area contributed by atoms with Gasteiger partial charge in [-0.3, -0.25) is 0 Å². The molecule has 1 aliphatic heterocycles. The van der Waals surface area contributed by atoms with Gasteiger partial charge >= 0.3 is 5.97 Å². The largest absolute Gasteiger partial charge is 0.463 e. The van der Waals surface area contributed by atoms with Crippen LogP contribution in [0.1, 0.15) is 17.5 Å². The molecule has 0 bridgehead atoms. The Bertz CT molecular complexity index is 410. The molecule has 1 N–H and O–H groups in total. The normalized spacial score (nSPS) is 20.1. The quantitative estimate of drug-likeness (QED) is 0.732. The Morgan fingerprint density at radius 1 is 1.65 bits per heavy atom. The molecule has 1 aromatic heterocycles. The number of anilines is 1. The monoisotopic (exact) mass is 236 g/mol. The number of carbonyl (C=O) groups excluding carboxylic acids is 1. The van der Waals surface area contributed by atoms with E-state index in [1.165, 1.54) is 7.11 Å². The number of methoxy groups -OCH3 is 1. The van der Waals surface area contributed by atoms with E-state index < -0.39 is 5.97 Å². The van der Waals surface area contributed by atoms with E-state index in [9.17, 15) is 4.79 Å². The topological polar surface area (TPSA) is 67.3 Å². The van der Waals surface area contributed by atoms with Crippen LogP contribution in [-0.4, -0.2) is 48.7 Å². The first-order chi connectivity index (χ1) is 8.20. The van der Waals surface area contributed by atoms with E-state index in [1.54, 1.807) is 6.20 Å². The highest BCUT2D eigenvalue weighted by atomic mass is 16.5. The third kappa shape index (κ3) is 2.71. The van der Waals surface area contributed by atoms with Crippen molar-refractivity contribution in [3.05, 3.63) is 18.1 Å². The van der Waals surface area contributed by atoms with E-state index in [4.69, 9.17) is 0 Å². The number of esters is 1. The maximum absolute atomic E-state index is 11.3. The van der Waals surface area contributed by atoms with Crippen LogP contribution >= 0.6 is 0 Å². The van der Waals surface area contributed by atoms with Gasteiger partial charge in [0, 0.05) is 31.9 Å². The van der Waals surface area contributed by atoms with E-state index in [0.717, 1.165) is 25.5 Å². The lowest BCUT2D eigenvalue weighted by Crippen LogP contribution is -2.49. The molecule has 0 aromatic carbocycles. The van der Waals surface area contributed by atoms with Gasteiger partial charge in [0.15, 0.2) is 0 Å². The summed E-state index contributed by atoms with van der Waals surface area (Å²) in [6, 6.07) is 2.23. The molecule has 0 amide bonds. The van der Waals surface area contributed by atoms with Gasteiger partial charge in [0.1, 0.15) is 5.82 Å². The molecule has 92 valence electrons. The van der Waals surface area contributed by atoms with Gasteiger partial charge in [0.25, 0.3) is 0 Å². The van der Waals surface area contributed by atoms with E-state index >= 15 is 0 Å². The first-order valence-corrected chi connectivity index (χ1v) is 5.60. The molecule has 0 spiro atoms. The number of carbonyl (C=O) groups is 1. The predicted octanol–water partition coefficient (Wildman–Crippen LogP) is 0.0613. The molecule has 6 nitrogen and oxygen atoms in total. The number of nitrogens with zero attached hydrogens (tertiary/aromatic N) is 3. The van der Waals surface area contributed by atoms with Crippen molar-refractivity contribution in [2.75, 3.05) is 31.6 Å². The molecule has 0 radical (unpaired) electrons. The maximum atomic E-state index is 11.3. The van der Waals surface area contributed by atoms with Crippen molar-refractivity contribution in [2.24, 2.45) is 0 Å². The molecule has 1 aromatic rings. The first kappa shape index (κ1) is 11.8. The summed E-state index contributed by atoms with van der Waals surface area (Å²) in [5.74, 6) is 0.375. The fourth-order valence-corrected chi connectivity index (χ4v) is 1.86. The Hall–Kier alpha value is -1.69. The van der Waals surface area contributed by atoms with E-state index in [2.05, 4.69) is 31.8 Å². The maximum Gasteiger partial charge on any atom is 0.376 e. The van der Waals surface area contributed by atoms with Crippen LogP contribution in [0.15, 0.2) is 12.3 Å². The van der Waals surface area contributed by atoms with Crippen LogP contribution in [-0.2, 0) is 4.74 Å². The van der Waals surface area contributed by atoms with E-state index in [-0.39, 0.29) is 5.82 Å². The summed E-state index contributed by atoms with van der Waals surface area (Å²) >= 11 is 0. The van der Waals surface area contributed by atoms with Crippen LogP contribution < -0.4 is 10.2 Å². The third-order valence-corrected chi connectivity index (χ3v) is 2.70. The fourth-order valence-electron chi connectivity index (χ4n) is 1.86. The summed E-state index contributed by atoms with van der Waals surface area (Å²) in [5, 5.41) is 3.35. The summed E-state index contributed by atoms with van der Waals surface area (Å²) < 4.78 is 4.60. The lowest BCUT2D eigenvalue weighted by Gasteiger charge is -2.32. The molecule has 6 heteroatoms. The van der Waals surface area contributed by atoms with Crippen LogP contribution in [0.2, 0.25) is 0 Å². The van der Waals surface area contributed by atoms with Crippen molar-refractivity contribution >= 4 is 11.8 Å². The lowest BCUT2D eigenvalue weighted by atomic mass is 10.2. The molecule has 2 rings (SSSR count). The van der Waals surface area contributed by atoms with E-state index in [1.807, 2.05) is 6.07 Å². The van der Waals surface area contributed by atoms with Crippen molar-refractivity contribution in [1.82, 2.24) is 15.3 Å². The fraction of sp³-hybridized carbons (Fsp3) is 0.545. The Morgan fingerprint density at radius 2 is 2.47 bits per heavy atom. The molecule has 1 fully saturated rings. The number of hydrogen-bond acceptors (Lipinski definition) is 6. The highest BCUT2D eigenvalue weighted by Gasteiger charge is 2.18. The zero-order valence-corrected chi connectivity index (χ0v) is 10.0. The Kier molecular flexibility index (Phi) is 3.53. The Morgan fingerprint density at radius 3 is 3.18 bits per heavy atom. The first-order valence-electron chi connectivity index (χ1n) is 5.60. The minimum atomic E-state index is -0.505. The third-order valence-electron chi connectivity index (χ3n) is 2.70. The van der Waals surface area contributed by atoms with Crippen molar-refractivity contribution in [3.63, 3.8) is 0 Å². The second-order valence-electron chi connectivity index (χ2n) is 4.03. The van der Waals surface area contributed by atoms with Crippen LogP contribution in [0.25, 0.3) is 0 Å². The molecule has 0 saturated carbocycles. The molecule has 1 saturated heterocycles. The average Bonchev–Trinajstić information content (AvgIpc) is 2.38. The van der Waals surface area contributed by atoms with Gasteiger partial charge in [-0.2, -0.15) is 0 Å². The molecule has 0 unspecified atom stereocenters. The van der Waals surface area contributed by atoms with Gasteiger partial charge in [-0.1, -0.05) is 0 Å². The number of hydrogen-bond donors (Lipinski definition) is 1. The number of aromatic nitrogens is 2. The minimum absolute atomic E-state index is 0.108. The second kappa shape index (κ2) is 5.09. The van der Waals surface area contributed by atoms with Crippen molar-refractivity contribution < 1.29 is 9.53 Å². The smallest absolute Gasteiger partial charge is 0.376 e. The van der Waals surface area contributed by atoms with Gasteiger partial charge in [-0.15, -0.1) is 0 Å². The molecular weight excluding hydrogens is 220 g/mol. The SMILES string of the molecule is COC(=O)c1nccc(N2CCN[C@@H](C)C2)n1. The highest BCUT2D eigenvalue weighted by Crippen LogP contribution is 2.12. The summed E-state index contributed by atoms with van der Waals surface area (Å²) in [5.41, 5.74) is 0. The molecule has 1 atom stereocenters. The van der Waals surface area contributed by atoms with Crippen molar-refractivity contribution in [1.29, 1.82) is 0 Å². The summed E-state index contributed by atoms with van der Waals surface area (Å²) in [7, 11) is 1.32. The second-order valence-corrected chi connectivity index (χ2v) is 4.03. The minimum Gasteiger partial charge on any atom is -0.463 e. The summed E-state index contributed by atoms with van der Waals surface area (Å²) in [6.45, 7) is 4.78. The highest BCUT2D eigenvalue weighted by molar-refractivity contribution is 5.85. The molecular formula is C11H16N4O2. The summed E-state index contributed by atoms with van der Waals surface area (Å²) in [4.78, 5) is 21.6. The summed E-state index contributed by atoms with van der Waals surface area (Å²) in [6.07, 6.45) is 1.58. The van der Waals surface area contributed by atoms with Crippen LogP contribution in [0.4, 0.5) is 5.82 Å². The molecule has 1 aliphatic rings. The Balaban J connectivity index is 2.17. The predicted molar refractivity (Wildman–Crippen MR) is 63.0 cm³/mol. The molecule has 2 heterocycles. The number of rotatable bonds is 2. The standard InChI is InChI=1S/C11H16N4O2/c1-8-7-15(6-5-12-8)9-3-4-13-10(14-9)11(16)17-2/h3-4,8,12H,5-7H2,1-2H3/t8-/m0/s1. The van der Waals surface area contributed by atoms with Crippen molar-refractivity contribution in [3.8, 4) is 0 Å². The number of piperazine rings is 1. The average molecular weight is 236 g/mol. The zero-order chi connectivity index (χ0) is 12.3.